The Hall–Kier alpha value is -0.490. The lowest BCUT2D eigenvalue weighted by Crippen LogP contribution is -2.05. The van der Waals surface area contributed by atoms with Gasteiger partial charge >= 0.3 is 0 Å². The largest absolute Gasteiger partial charge is 0.0840 e. The van der Waals surface area contributed by atoms with Crippen LogP contribution >= 0.6 is 11.6 Å². The summed E-state index contributed by atoms with van der Waals surface area (Å²) >= 11 is 6.40. The normalized spacial score (nSPS) is 17.6. The van der Waals surface area contributed by atoms with Crippen molar-refractivity contribution < 1.29 is 0 Å². The standard InChI is InChI=1S/C15H21Cl/c1-2-6-12-9-10-14(15(16)11-12)13-7-4-3-5-8-13/h9-11,13H,2-8H2,1H3. The van der Waals surface area contributed by atoms with Gasteiger partial charge < -0.3 is 0 Å². The average Bonchev–Trinajstić information content (AvgIpc) is 2.31. The molecule has 1 aliphatic rings. The van der Waals surface area contributed by atoms with Crippen LogP contribution in [-0.4, -0.2) is 0 Å². The molecule has 0 radical (unpaired) electrons. The Morgan fingerprint density at radius 1 is 1.19 bits per heavy atom. The number of benzene rings is 1. The summed E-state index contributed by atoms with van der Waals surface area (Å²) in [4.78, 5) is 0. The van der Waals surface area contributed by atoms with Gasteiger partial charge in [-0.25, -0.2) is 0 Å². The van der Waals surface area contributed by atoms with Gasteiger partial charge in [-0.2, -0.15) is 0 Å². The first-order valence-electron chi connectivity index (χ1n) is 6.59. The third kappa shape index (κ3) is 2.79. The number of hydrogen-bond donors (Lipinski definition) is 0. The van der Waals surface area contributed by atoms with E-state index < -0.39 is 0 Å². The Labute approximate surface area is 104 Å². The minimum absolute atomic E-state index is 0.719. The lowest BCUT2D eigenvalue weighted by atomic mass is 9.84. The van der Waals surface area contributed by atoms with Gasteiger partial charge in [-0.3, -0.25) is 0 Å². The highest BCUT2D eigenvalue weighted by atomic mass is 35.5. The molecule has 0 bridgehead atoms. The van der Waals surface area contributed by atoms with Gasteiger partial charge in [0.2, 0.25) is 0 Å². The van der Waals surface area contributed by atoms with Crippen molar-refractivity contribution in [2.75, 3.05) is 0 Å². The van der Waals surface area contributed by atoms with Crippen molar-refractivity contribution in [3.05, 3.63) is 34.3 Å². The highest BCUT2D eigenvalue weighted by molar-refractivity contribution is 6.31. The molecule has 1 aromatic carbocycles. The van der Waals surface area contributed by atoms with Crippen LogP contribution in [0.4, 0.5) is 0 Å². The zero-order chi connectivity index (χ0) is 11.4. The number of hydrogen-bond acceptors (Lipinski definition) is 0. The van der Waals surface area contributed by atoms with E-state index in [0.717, 1.165) is 17.4 Å². The minimum Gasteiger partial charge on any atom is -0.0840 e. The predicted octanol–water partition coefficient (Wildman–Crippen LogP) is 5.34. The molecule has 0 spiro atoms. The predicted molar refractivity (Wildman–Crippen MR) is 71.3 cm³/mol. The fraction of sp³-hybridized carbons (Fsp3) is 0.600. The molecule has 0 aromatic heterocycles. The smallest absolute Gasteiger partial charge is 0.0443 e. The van der Waals surface area contributed by atoms with Crippen LogP contribution in [0.1, 0.15) is 62.5 Å². The Kier molecular flexibility index (Phi) is 4.29. The molecule has 0 heterocycles. The van der Waals surface area contributed by atoms with E-state index in [9.17, 15) is 0 Å². The maximum Gasteiger partial charge on any atom is 0.0443 e. The lowest BCUT2D eigenvalue weighted by molar-refractivity contribution is 0.443. The van der Waals surface area contributed by atoms with Gasteiger partial charge in [0.1, 0.15) is 0 Å². The van der Waals surface area contributed by atoms with Crippen molar-refractivity contribution in [1.82, 2.24) is 0 Å². The van der Waals surface area contributed by atoms with Crippen molar-refractivity contribution in [3.8, 4) is 0 Å². The summed E-state index contributed by atoms with van der Waals surface area (Å²) in [6.07, 6.45) is 9.14. The summed E-state index contributed by atoms with van der Waals surface area (Å²) in [5.41, 5.74) is 2.77. The second-order valence-corrected chi connectivity index (χ2v) is 5.35. The zero-order valence-electron chi connectivity index (χ0n) is 10.1. The number of aryl methyl sites for hydroxylation is 1. The van der Waals surface area contributed by atoms with E-state index in [1.807, 2.05) is 0 Å². The van der Waals surface area contributed by atoms with Gasteiger partial charge in [0.15, 0.2) is 0 Å². The van der Waals surface area contributed by atoms with Crippen LogP contribution in [-0.2, 0) is 6.42 Å². The molecule has 88 valence electrons. The Morgan fingerprint density at radius 2 is 1.94 bits per heavy atom. The van der Waals surface area contributed by atoms with Crippen LogP contribution in [0.25, 0.3) is 0 Å². The first-order valence-corrected chi connectivity index (χ1v) is 6.97. The molecule has 16 heavy (non-hydrogen) atoms. The highest BCUT2D eigenvalue weighted by Gasteiger charge is 2.17. The molecule has 0 aliphatic heterocycles. The lowest BCUT2D eigenvalue weighted by Gasteiger charge is -2.23. The van der Waals surface area contributed by atoms with E-state index in [0.29, 0.717) is 0 Å². The third-order valence-corrected chi connectivity index (χ3v) is 3.98. The van der Waals surface area contributed by atoms with E-state index in [-0.39, 0.29) is 0 Å². The minimum atomic E-state index is 0.719. The second-order valence-electron chi connectivity index (χ2n) is 4.94. The van der Waals surface area contributed by atoms with Gasteiger partial charge in [0, 0.05) is 5.02 Å². The van der Waals surface area contributed by atoms with Gasteiger partial charge in [0.25, 0.3) is 0 Å². The molecule has 1 saturated carbocycles. The van der Waals surface area contributed by atoms with E-state index >= 15 is 0 Å². The van der Waals surface area contributed by atoms with Crippen LogP contribution in [0, 0.1) is 0 Å². The maximum absolute atomic E-state index is 6.40. The van der Waals surface area contributed by atoms with Crippen LogP contribution in [0.2, 0.25) is 5.02 Å². The molecule has 0 atom stereocenters. The SMILES string of the molecule is CCCc1ccc(C2CCCCC2)c(Cl)c1. The Bertz CT molecular complexity index is 337. The fourth-order valence-electron chi connectivity index (χ4n) is 2.76. The van der Waals surface area contributed by atoms with Crippen LogP contribution in [0.5, 0.6) is 0 Å². The summed E-state index contributed by atoms with van der Waals surface area (Å²) in [7, 11) is 0. The van der Waals surface area contributed by atoms with Crippen LogP contribution < -0.4 is 0 Å². The Balaban J connectivity index is 2.14. The van der Waals surface area contributed by atoms with Gasteiger partial charge in [-0.1, -0.05) is 56.3 Å². The molecule has 1 aromatic rings. The molecule has 0 unspecified atom stereocenters. The van der Waals surface area contributed by atoms with Crippen molar-refractivity contribution in [2.45, 2.75) is 57.8 Å². The highest BCUT2D eigenvalue weighted by Crippen LogP contribution is 2.36. The topological polar surface area (TPSA) is 0 Å². The molecule has 1 fully saturated rings. The summed E-state index contributed by atoms with van der Waals surface area (Å²) < 4.78 is 0. The number of rotatable bonds is 3. The zero-order valence-corrected chi connectivity index (χ0v) is 10.9. The van der Waals surface area contributed by atoms with Gasteiger partial charge in [0.05, 0.1) is 0 Å². The molecular weight excluding hydrogens is 216 g/mol. The third-order valence-electron chi connectivity index (χ3n) is 3.65. The van der Waals surface area contributed by atoms with E-state index in [4.69, 9.17) is 11.6 Å². The second kappa shape index (κ2) is 5.72. The molecule has 0 nitrogen and oxygen atoms in total. The molecule has 0 saturated heterocycles. The van der Waals surface area contributed by atoms with Crippen molar-refractivity contribution in [3.63, 3.8) is 0 Å². The van der Waals surface area contributed by atoms with E-state index in [1.165, 1.54) is 49.7 Å². The van der Waals surface area contributed by atoms with E-state index in [2.05, 4.69) is 25.1 Å². The summed E-state index contributed by atoms with van der Waals surface area (Å²) in [5.74, 6) is 0.719. The van der Waals surface area contributed by atoms with Crippen molar-refractivity contribution >= 4 is 11.6 Å². The first-order chi connectivity index (χ1) is 7.81. The average molecular weight is 237 g/mol. The molecule has 2 rings (SSSR count). The summed E-state index contributed by atoms with van der Waals surface area (Å²) in [5, 5.41) is 0.998. The molecule has 0 amide bonds. The number of halogens is 1. The van der Waals surface area contributed by atoms with Crippen LogP contribution in [0.3, 0.4) is 0 Å². The van der Waals surface area contributed by atoms with Crippen molar-refractivity contribution in [1.29, 1.82) is 0 Å². The molecule has 1 heteroatoms. The maximum atomic E-state index is 6.40. The fourth-order valence-corrected chi connectivity index (χ4v) is 3.12. The summed E-state index contributed by atoms with van der Waals surface area (Å²) in [6.45, 7) is 2.21. The van der Waals surface area contributed by atoms with E-state index in [1.54, 1.807) is 0 Å². The summed E-state index contributed by atoms with van der Waals surface area (Å²) in [6, 6.07) is 6.71. The Morgan fingerprint density at radius 3 is 2.56 bits per heavy atom. The molecular formula is C15H21Cl. The molecule has 1 aliphatic carbocycles. The monoisotopic (exact) mass is 236 g/mol. The quantitative estimate of drug-likeness (QED) is 0.665. The molecule has 0 N–H and O–H groups in total. The van der Waals surface area contributed by atoms with Crippen LogP contribution in [0.15, 0.2) is 18.2 Å². The van der Waals surface area contributed by atoms with Crippen molar-refractivity contribution in [2.24, 2.45) is 0 Å². The first kappa shape index (κ1) is 12.0. The van der Waals surface area contributed by atoms with Gasteiger partial charge in [-0.05, 0) is 42.4 Å². The van der Waals surface area contributed by atoms with Gasteiger partial charge in [-0.15, -0.1) is 0 Å².